The van der Waals surface area contributed by atoms with E-state index in [1.165, 1.54) is 36.5 Å². The molecule has 0 saturated carbocycles. The van der Waals surface area contributed by atoms with Gasteiger partial charge in [0.05, 0.1) is 12.9 Å². The normalized spacial score (nSPS) is 12.0. The second-order valence-electron chi connectivity index (χ2n) is 6.54. The quantitative estimate of drug-likeness (QED) is 0.574. The number of rotatable bonds is 6. The summed E-state index contributed by atoms with van der Waals surface area (Å²) in [5, 5.41) is 2.58. The molecule has 2 aromatic heterocycles. The minimum absolute atomic E-state index is 0.0260. The molecule has 0 unspecified atom stereocenters. The second-order valence-corrected chi connectivity index (χ2v) is 6.54. The van der Waals surface area contributed by atoms with Crippen LogP contribution in [0.2, 0.25) is 0 Å². The third kappa shape index (κ3) is 3.96. The third-order valence-electron chi connectivity index (χ3n) is 4.53. The van der Waals surface area contributed by atoms with Crippen LogP contribution < -0.4 is 16.6 Å². The van der Waals surface area contributed by atoms with Gasteiger partial charge < -0.3 is 14.6 Å². The minimum Gasteiger partial charge on any atom is -0.462 e. The summed E-state index contributed by atoms with van der Waals surface area (Å²) in [5.41, 5.74) is 0.0000636. The zero-order chi connectivity index (χ0) is 21.1. The Labute approximate surface area is 165 Å². The summed E-state index contributed by atoms with van der Waals surface area (Å²) in [7, 11) is 2.91. The molecule has 0 spiro atoms. The molecule has 2 heterocycles. The van der Waals surface area contributed by atoms with Crippen LogP contribution in [0, 0.1) is 0 Å². The number of amides is 1. The van der Waals surface area contributed by atoms with E-state index in [1.807, 2.05) is 0 Å². The van der Waals surface area contributed by atoms with Crippen LogP contribution in [0.15, 0.2) is 46.2 Å². The average molecular weight is 399 g/mol. The Balaban J connectivity index is 1.63. The molecular weight excluding hydrogens is 378 g/mol. The predicted molar refractivity (Wildman–Crippen MR) is 105 cm³/mol. The maximum atomic E-state index is 12.4. The van der Waals surface area contributed by atoms with Crippen LogP contribution in [0.5, 0.6) is 0 Å². The maximum absolute atomic E-state index is 12.4. The lowest BCUT2D eigenvalue weighted by Crippen LogP contribution is -2.40. The van der Waals surface area contributed by atoms with Crippen LogP contribution in [-0.2, 0) is 30.2 Å². The Morgan fingerprint density at radius 1 is 1.14 bits per heavy atom. The van der Waals surface area contributed by atoms with Gasteiger partial charge in [-0.1, -0.05) is 18.2 Å². The number of aromatic nitrogens is 4. The predicted octanol–water partition coefficient (Wildman–Crippen LogP) is -0.205. The van der Waals surface area contributed by atoms with Crippen molar-refractivity contribution in [1.82, 2.24) is 24.0 Å². The summed E-state index contributed by atoms with van der Waals surface area (Å²) < 4.78 is 9.00. The van der Waals surface area contributed by atoms with Gasteiger partial charge in [0.15, 0.2) is 11.2 Å². The van der Waals surface area contributed by atoms with Crippen LogP contribution in [0.1, 0.15) is 17.3 Å². The minimum atomic E-state index is -0.837. The van der Waals surface area contributed by atoms with Crippen molar-refractivity contribution >= 4 is 23.0 Å². The topological polar surface area (TPSA) is 117 Å². The van der Waals surface area contributed by atoms with E-state index in [0.29, 0.717) is 5.56 Å². The molecule has 10 heteroatoms. The Kier molecular flexibility index (Phi) is 5.62. The van der Waals surface area contributed by atoms with Crippen molar-refractivity contribution in [3.63, 3.8) is 0 Å². The van der Waals surface area contributed by atoms with E-state index in [0.717, 1.165) is 4.57 Å². The number of aryl methyl sites for hydroxylation is 1. The number of imidazole rings is 1. The molecule has 1 aromatic carbocycles. The molecule has 3 aromatic rings. The van der Waals surface area contributed by atoms with Gasteiger partial charge in [-0.15, -0.1) is 0 Å². The second kappa shape index (κ2) is 8.13. The van der Waals surface area contributed by atoms with E-state index in [2.05, 4.69) is 10.3 Å². The number of benzene rings is 1. The number of nitrogens with one attached hydrogen (secondary N) is 1. The lowest BCUT2D eigenvalue weighted by atomic mass is 10.2. The Hall–Kier alpha value is -3.69. The molecule has 3 rings (SSSR count). The lowest BCUT2D eigenvalue weighted by molar-refractivity contribution is -0.145. The van der Waals surface area contributed by atoms with Crippen molar-refractivity contribution in [1.29, 1.82) is 0 Å². The number of hydrogen-bond donors (Lipinski definition) is 1. The van der Waals surface area contributed by atoms with Gasteiger partial charge in [0.1, 0.15) is 12.6 Å². The molecule has 1 N–H and O–H groups in total. The molecule has 0 radical (unpaired) electrons. The Morgan fingerprint density at radius 3 is 2.52 bits per heavy atom. The number of nitrogens with zero attached hydrogens (tertiary/aromatic N) is 4. The molecule has 0 aliphatic rings. The average Bonchev–Trinajstić information content (AvgIpc) is 3.15. The van der Waals surface area contributed by atoms with Crippen molar-refractivity contribution in [3.8, 4) is 0 Å². The number of carbonyl (C=O) groups is 2. The van der Waals surface area contributed by atoms with Crippen molar-refractivity contribution in [2.24, 2.45) is 14.1 Å². The van der Waals surface area contributed by atoms with Gasteiger partial charge in [0.2, 0.25) is 0 Å². The third-order valence-corrected chi connectivity index (χ3v) is 4.53. The van der Waals surface area contributed by atoms with E-state index in [-0.39, 0.29) is 30.2 Å². The van der Waals surface area contributed by atoms with Crippen LogP contribution >= 0.6 is 0 Å². The van der Waals surface area contributed by atoms with Crippen LogP contribution in [-0.4, -0.2) is 43.2 Å². The van der Waals surface area contributed by atoms with Crippen LogP contribution in [0.25, 0.3) is 11.2 Å². The van der Waals surface area contributed by atoms with Gasteiger partial charge in [0, 0.05) is 19.7 Å². The first-order valence-electron chi connectivity index (χ1n) is 8.94. The zero-order valence-electron chi connectivity index (χ0n) is 16.3. The zero-order valence-corrected chi connectivity index (χ0v) is 16.3. The molecule has 1 amide bonds. The van der Waals surface area contributed by atoms with Gasteiger partial charge in [-0.3, -0.25) is 18.7 Å². The van der Waals surface area contributed by atoms with Crippen LogP contribution in [0.4, 0.5) is 0 Å². The fourth-order valence-electron chi connectivity index (χ4n) is 2.86. The summed E-state index contributed by atoms with van der Waals surface area (Å²) >= 11 is 0. The molecule has 0 aliphatic heterocycles. The monoisotopic (exact) mass is 399 g/mol. The highest BCUT2D eigenvalue weighted by atomic mass is 16.5. The number of fused-ring (bicyclic) bond motifs is 1. The van der Waals surface area contributed by atoms with Crippen LogP contribution in [0.3, 0.4) is 0 Å². The smallest absolute Gasteiger partial charge is 0.332 e. The van der Waals surface area contributed by atoms with Gasteiger partial charge >= 0.3 is 11.7 Å². The van der Waals surface area contributed by atoms with Gasteiger partial charge in [0.25, 0.3) is 11.5 Å². The summed E-state index contributed by atoms with van der Waals surface area (Å²) in [5.74, 6) is -0.973. The fraction of sp³-hybridized carbons (Fsp3) is 0.316. The van der Waals surface area contributed by atoms with Crippen molar-refractivity contribution in [2.75, 3.05) is 6.61 Å². The molecule has 29 heavy (non-hydrogen) atoms. The maximum Gasteiger partial charge on any atom is 0.332 e. The van der Waals surface area contributed by atoms with Gasteiger partial charge in [-0.2, -0.15) is 0 Å². The van der Waals surface area contributed by atoms with Crippen molar-refractivity contribution in [2.45, 2.75) is 19.5 Å². The molecule has 10 nitrogen and oxygen atoms in total. The molecule has 0 saturated heterocycles. The standard InChI is InChI=1S/C19H21N5O5/c1-12(21-16(25)13-7-5-4-6-8-13)18(27)29-10-9-24-11-20-15-14(24)17(26)23(3)19(28)22(15)2/h4-8,11-12H,9-10H2,1-3H3,(H,21,25)/t12-/m0/s1. The molecule has 152 valence electrons. The molecular formula is C19H21N5O5. The first-order valence-corrected chi connectivity index (χ1v) is 8.94. The molecule has 0 fully saturated rings. The molecule has 1 atom stereocenters. The largest absolute Gasteiger partial charge is 0.462 e. The van der Waals surface area contributed by atoms with E-state index in [1.54, 1.807) is 30.3 Å². The first-order chi connectivity index (χ1) is 13.8. The number of hydrogen-bond acceptors (Lipinski definition) is 6. The van der Waals surface area contributed by atoms with E-state index in [4.69, 9.17) is 4.74 Å². The SMILES string of the molecule is C[C@H](NC(=O)c1ccccc1)C(=O)OCCn1cnc2c1c(=O)n(C)c(=O)n2C. The first kappa shape index (κ1) is 20.1. The van der Waals surface area contributed by atoms with E-state index < -0.39 is 23.3 Å². The fourth-order valence-corrected chi connectivity index (χ4v) is 2.86. The number of ether oxygens (including phenoxy) is 1. The molecule has 0 aliphatic carbocycles. The van der Waals surface area contributed by atoms with Gasteiger partial charge in [-0.25, -0.2) is 14.6 Å². The summed E-state index contributed by atoms with van der Waals surface area (Å²) in [6.07, 6.45) is 1.42. The summed E-state index contributed by atoms with van der Waals surface area (Å²) in [6, 6.07) is 7.70. The lowest BCUT2D eigenvalue weighted by Gasteiger charge is -2.14. The van der Waals surface area contributed by atoms with E-state index in [9.17, 15) is 19.2 Å². The summed E-state index contributed by atoms with van der Waals surface area (Å²) in [4.78, 5) is 52.7. The highest BCUT2D eigenvalue weighted by Crippen LogP contribution is 2.05. The van der Waals surface area contributed by atoms with Crippen molar-refractivity contribution < 1.29 is 14.3 Å². The van der Waals surface area contributed by atoms with E-state index >= 15 is 0 Å². The Morgan fingerprint density at radius 2 is 1.83 bits per heavy atom. The van der Waals surface area contributed by atoms with Gasteiger partial charge in [-0.05, 0) is 19.1 Å². The molecule has 0 bridgehead atoms. The summed E-state index contributed by atoms with van der Waals surface area (Å²) in [6.45, 7) is 1.68. The number of carbonyl (C=O) groups excluding carboxylic acids is 2. The Bertz CT molecular complexity index is 1180. The number of esters is 1. The van der Waals surface area contributed by atoms with Crippen molar-refractivity contribution in [3.05, 3.63) is 63.1 Å². The highest BCUT2D eigenvalue weighted by molar-refractivity contribution is 5.96. The highest BCUT2D eigenvalue weighted by Gasteiger charge is 2.19.